The summed E-state index contributed by atoms with van der Waals surface area (Å²) in [5.41, 5.74) is 0.141. The molecule has 0 aromatic heterocycles. The fourth-order valence-corrected chi connectivity index (χ4v) is 2.11. The van der Waals surface area contributed by atoms with Gasteiger partial charge in [0.2, 0.25) is 0 Å². The number of phenols is 1. The zero-order chi connectivity index (χ0) is 26.8. The summed E-state index contributed by atoms with van der Waals surface area (Å²) in [7, 11) is 1.52. The molecule has 12 heteroatoms. The van der Waals surface area contributed by atoms with E-state index < -0.39 is 14.8 Å². The lowest BCUT2D eigenvalue weighted by molar-refractivity contribution is -0.385. The molecule has 0 radical (unpaired) electrons. The average Bonchev–Trinajstić information content (AvgIpc) is 2.87. The molecule has 0 saturated carbocycles. The van der Waals surface area contributed by atoms with Crippen LogP contribution >= 0.6 is 0 Å². The van der Waals surface area contributed by atoms with Crippen molar-refractivity contribution in [3.8, 4) is 17.2 Å². The zero-order valence-electron chi connectivity index (χ0n) is 19.7. The number of aromatic hydroxyl groups is 1. The predicted octanol–water partition coefficient (Wildman–Crippen LogP) is 7.20. The molecule has 0 aliphatic heterocycles. The number of hydrogen-bond donors (Lipinski definition) is 1. The van der Waals surface area contributed by atoms with Gasteiger partial charge in [0.15, 0.2) is 0 Å². The van der Waals surface area contributed by atoms with Crippen molar-refractivity contribution < 1.29 is 29.4 Å². The molecule has 0 heterocycles. The van der Waals surface area contributed by atoms with Gasteiger partial charge < -0.3 is 14.6 Å². The molecule has 0 spiro atoms. The van der Waals surface area contributed by atoms with Gasteiger partial charge >= 0.3 is 0 Å². The molecule has 0 amide bonds. The highest BCUT2D eigenvalue weighted by Crippen LogP contribution is 2.17. The van der Waals surface area contributed by atoms with Crippen LogP contribution in [0, 0.1) is 30.3 Å². The molecular formula is C25H35N3O9. The maximum absolute atomic E-state index is 10.2. The number of benzene rings is 3. The van der Waals surface area contributed by atoms with E-state index in [1.54, 1.807) is 24.3 Å². The Bertz CT molecular complexity index is 1040. The summed E-state index contributed by atoms with van der Waals surface area (Å²) in [5.74, 6) is 1.31. The molecule has 0 fully saturated rings. The molecule has 3 rings (SSSR count). The van der Waals surface area contributed by atoms with Crippen LogP contribution in [0.15, 0.2) is 72.8 Å². The lowest BCUT2D eigenvalue weighted by Crippen LogP contribution is -1.92. The van der Waals surface area contributed by atoms with E-state index in [4.69, 9.17) is 14.6 Å². The SMILES string of the molecule is C.C.CC.CCOc1ccc([N+](=O)[O-])cc1.COc1ccc([N+](=O)[O-])cc1.O=[N+]([O-])c1ccc(O)cc1. The number of non-ortho nitro benzene ring substituents is 3. The summed E-state index contributed by atoms with van der Waals surface area (Å²) >= 11 is 0. The van der Waals surface area contributed by atoms with E-state index in [-0.39, 0.29) is 37.7 Å². The van der Waals surface area contributed by atoms with E-state index >= 15 is 0 Å². The van der Waals surface area contributed by atoms with Crippen molar-refractivity contribution >= 4 is 17.1 Å². The van der Waals surface area contributed by atoms with Gasteiger partial charge in [-0.15, -0.1) is 0 Å². The van der Waals surface area contributed by atoms with Crippen molar-refractivity contribution in [2.45, 2.75) is 35.6 Å². The molecule has 0 bridgehead atoms. The summed E-state index contributed by atoms with van der Waals surface area (Å²) in [6.07, 6.45) is 0. The first-order valence-electron chi connectivity index (χ1n) is 10.3. The number of nitro benzene ring substituents is 3. The molecule has 1 N–H and O–H groups in total. The number of nitro groups is 3. The highest BCUT2D eigenvalue weighted by molar-refractivity contribution is 5.37. The van der Waals surface area contributed by atoms with Crippen LogP contribution in [0.3, 0.4) is 0 Å². The van der Waals surface area contributed by atoms with E-state index in [0.717, 1.165) is 0 Å². The van der Waals surface area contributed by atoms with Crippen molar-refractivity contribution in [2.24, 2.45) is 0 Å². The van der Waals surface area contributed by atoms with Gasteiger partial charge in [-0.25, -0.2) is 0 Å². The Morgan fingerprint density at radius 3 is 1.22 bits per heavy atom. The van der Waals surface area contributed by atoms with Gasteiger partial charge in [0.05, 0.1) is 28.5 Å². The van der Waals surface area contributed by atoms with Crippen molar-refractivity contribution in [1.29, 1.82) is 0 Å². The summed E-state index contributed by atoms with van der Waals surface area (Å²) in [5, 5.41) is 39.2. The van der Waals surface area contributed by atoms with Gasteiger partial charge in [-0.3, -0.25) is 30.3 Å². The van der Waals surface area contributed by atoms with Gasteiger partial charge in [-0.05, 0) is 43.3 Å². The standard InChI is InChI=1S/C8H9NO3.C7H7NO3.C6H5NO3.C2H6.2CH4/c1-2-12-8-5-3-7(4-6-8)9(10)11;1-11-7-4-2-6(3-5-7)8(9)10;8-6-3-1-5(2-4-6)7(9)10;1-2;;/h3-6H,2H2,1H3;2-5H,1H3;1-4,8H;1-2H3;2*1H4. The van der Waals surface area contributed by atoms with Crippen molar-refractivity contribution in [2.75, 3.05) is 13.7 Å². The van der Waals surface area contributed by atoms with E-state index in [1.807, 2.05) is 20.8 Å². The third-order valence-electron chi connectivity index (χ3n) is 3.70. The van der Waals surface area contributed by atoms with E-state index in [0.29, 0.717) is 18.1 Å². The van der Waals surface area contributed by atoms with Crippen molar-refractivity contribution in [3.05, 3.63) is 103 Å². The first kappa shape index (κ1) is 36.8. The topological polar surface area (TPSA) is 168 Å². The average molecular weight is 522 g/mol. The summed E-state index contributed by atoms with van der Waals surface area (Å²) in [6.45, 7) is 6.43. The van der Waals surface area contributed by atoms with E-state index in [9.17, 15) is 30.3 Å². The summed E-state index contributed by atoms with van der Waals surface area (Å²) in [6, 6.07) is 17.0. The fraction of sp³-hybridized carbons (Fsp3) is 0.280. The smallest absolute Gasteiger partial charge is 0.269 e. The number of rotatable bonds is 6. The molecular weight excluding hydrogens is 486 g/mol. The Morgan fingerprint density at radius 2 is 0.946 bits per heavy atom. The van der Waals surface area contributed by atoms with Gasteiger partial charge in [0.25, 0.3) is 17.1 Å². The Kier molecular flexibility index (Phi) is 20.5. The van der Waals surface area contributed by atoms with E-state index in [2.05, 4.69) is 0 Å². The molecule has 12 nitrogen and oxygen atoms in total. The number of nitrogens with zero attached hydrogens (tertiary/aromatic N) is 3. The fourth-order valence-electron chi connectivity index (χ4n) is 2.11. The number of hydrogen-bond acceptors (Lipinski definition) is 9. The molecule has 0 saturated heterocycles. The van der Waals surface area contributed by atoms with Gasteiger partial charge in [-0.1, -0.05) is 28.7 Å². The minimum absolute atomic E-state index is 0. The summed E-state index contributed by atoms with van der Waals surface area (Å²) in [4.78, 5) is 29.0. The first-order valence-corrected chi connectivity index (χ1v) is 10.3. The van der Waals surface area contributed by atoms with Crippen LogP contribution in [0.4, 0.5) is 17.1 Å². The number of ether oxygens (including phenoxy) is 2. The predicted molar refractivity (Wildman–Crippen MR) is 143 cm³/mol. The van der Waals surface area contributed by atoms with Gasteiger partial charge in [0, 0.05) is 36.4 Å². The zero-order valence-corrected chi connectivity index (χ0v) is 19.7. The highest BCUT2D eigenvalue weighted by atomic mass is 16.6. The highest BCUT2D eigenvalue weighted by Gasteiger charge is 2.04. The van der Waals surface area contributed by atoms with E-state index in [1.165, 1.54) is 55.6 Å². The van der Waals surface area contributed by atoms with Crippen LogP contribution in [0.2, 0.25) is 0 Å². The van der Waals surface area contributed by atoms with Gasteiger partial charge in [-0.2, -0.15) is 0 Å². The van der Waals surface area contributed by atoms with Crippen LogP contribution in [0.5, 0.6) is 17.2 Å². The Morgan fingerprint density at radius 1 is 0.649 bits per heavy atom. The maximum atomic E-state index is 10.2. The van der Waals surface area contributed by atoms with Crippen LogP contribution in [0.25, 0.3) is 0 Å². The molecule has 3 aromatic rings. The minimum atomic E-state index is -0.514. The Balaban J connectivity index is -0.000000443. The molecule has 0 aliphatic rings. The lowest BCUT2D eigenvalue weighted by atomic mass is 10.3. The quantitative estimate of drug-likeness (QED) is 0.260. The van der Waals surface area contributed by atoms with Gasteiger partial charge in [0.1, 0.15) is 17.2 Å². The largest absolute Gasteiger partial charge is 0.508 e. The second kappa shape index (κ2) is 20.6. The first-order chi connectivity index (χ1) is 16.7. The molecule has 0 aliphatic carbocycles. The molecule has 37 heavy (non-hydrogen) atoms. The van der Waals surface area contributed by atoms with Crippen LogP contribution in [-0.2, 0) is 0 Å². The second-order valence-corrected chi connectivity index (χ2v) is 5.91. The Labute approximate surface area is 216 Å². The number of phenolic OH excluding ortho intramolecular Hbond substituents is 1. The molecule has 0 atom stereocenters. The van der Waals surface area contributed by atoms with Crippen LogP contribution in [-0.4, -0.2) is 33.6 Å². The minimum Gasteiger partial charge on any atom is -0.508 e. The Hall–Kier alpha value is -4.74. The lowest BCUT2D eigenvalue weighted by Gasteiger charge is -2.00. The second-order valence-electron chi connectivity index (χ2n) is 5.91. The molecule has 0 unspecified atom stereocenters. The third-order valence-corrected chi connectivity index (χ3v) is 3.70. The third kappa shape index (κ3) is 15.0. The van der Waals surface area contributed by atoms with Crippen molar-refractivity contribution in [1.82, 2.24) is 0 Å². The van der Waals surface area contributed by atoms with Crippen LogP contribution < -0.4 is 9.47 Å². The van der Waals surface area contributed by atoms with Crippen molar-refractivity contribution in [3.63, 3.8) is 0 Å². The summed E-state index contributed by atoms with van der Waals surface area (Å²) < 4.78 is 9.94. The normalized spacial score (nSPS) is 8.43. The number of methoxy groups -OCH3 is 1. The monoisotopic (exact) mass is 521 g/mol. The molecule has 204 valence electrons. The molecule has 3 aromatic carbocycles. The maximum Gasteiger partial charge on any atom is 0.269 e. The van der Waals surface area contributed by atoms with Crippen LogP contribution in [0.1, 0.15) is 35.6 Å².